The molecule has 0 fully saturated rings. The van der Waals surface area contributed by atoms with Gasteiger partial charge in [-0.1, -0.05) is 19.4 Å². The van der Waals surface area contributed by atoms with Crippen molar-refractivity contribution in [3.8, 4) is 6.07 Å². The Kier molecular flexibility index (Phi) is 13.0. The van der Waals surface area contributed by atoms with Crippen LogP contribution in [0.2, 0.25) is 0 Å². The summed E-state index contributed by atoms with van der Waals surface area (Å²) in [5.41, 5.74) is 2.75. The molecule has 84 valence electrons. The van der Waals surface area contributed by atoms with E-state index in [1.807, 2.05) is 26.1 Å². The molecule has 0 spiro atoms. The molecule has 2 N–H and O–H groups in total. The number of aromatic nitrogens is 2. The van der Waals surface area contributed by atoms with Crippen LogP contribution in [0.1, 0.15) is 16.7 Å². The van der Waals surface area contributed by atoms with Gasteiger partial charge in [0.2, 0.25) is 0 Å². The summed E-state index contributed by atoms with van der Waals surface area (Å²) >= 11 is 2.26. The quantitative estimate of drug-likeness (QED) is 0.435. The van der Waals surface area contributed by atoms with E-state index in [2.05, 4.69) is 45.0 Å². The molecule has 2 rings (SSSR count). The van der Waals surface area contributed by atoms with E-state index in [1.54, 1.807) is 6.20 Å². The van der Waals surface area contributed by atoms with E-state index in [0.29, 0.717) is 5.56 Å². The van der Waals surface area contributed by atoms with Gasteiger partial charge in [-0.15, -0.1) is 62.1 Å². The zero-order valence-corrected chi connectivity index (χ0v) is 17.5. The fraction of sp³-hybridized carbons (Fsp3) is 0.182. The summed E-state index contributed by atoms with van der Waals surface area (Å²) in [6.45, 7) is 3.87. The summed E-state index contributed by atoms with van der Waals surface area (Å²) in [4.78, 5) is 5.57. The van der Waals surface area contributed by atoms with Crippen molar-refractivity contribution in [3.63, 3.8) is 0 Å². The summed E-state index contributed by atoms with van der Waals surface area (Å²) < 4.78 is 1.25. The first-order chi connectivity index (χ1) is 7.15. The van der Waals surface area contributed by atoms with Gasteiger partial charge < -0.3 is 9.97 Å². The minimum absolute atomic E-state index is 0. The standard InChI is InChI=1S/C6H5N2.C5H5IN.2Y/c1-5-3-8-4-6(5)2-7;1-4-2-7-3-5(4)6;;/h4,8H,1H3;3,7H,1H3;;/q2*-1;;. The van der Waals surface area contributed by atoms with Crippen LogP contribution in [0.4, 0.5) is 0 Å². The van der Waals surface area contributed by atoms with Crippen molar-refractivity contribution in [1.29, 1.82) is 5.26 Å². The number of nitrogens with zero attached hydrogens (tertiary/aromatic N) is 1. The molecule has 2 heterocycles. The molecule has 0 unspecified atom stereocenters. The fourth-order valence-electron chi connectivity index (χ4n) is 0.884. The third-order valence-corrected chi connectivity index (χ3v) is 2.94. The van der Waals surface area contributed by atoms with Crippen molar-refractivity contribution in [2.75, 3.05) is 0 Å². The van der Waals surface area contributed by atoms with Crippen LogP contribution in [0.15, 0.2) is 12.4 Å². The molecule has 2 aromatic heterocycles. The van der Waals surface area contributed by atoms with E-state index >= 15 is 0 Å². The summed E-state index contributed by atoms with van der Waals surface area (Å²) in [5, 5.41) is 8.32. The number of nitriles is 1. The zero-order valence-electron chi connectivity index (χ0n) is 9.63. The van der Waals surface area contributed by atoms with Crippen molar-refractivity contribution in [2.24, 2.45) is 0 Å². The molecule has 2 aromatic rings. The SMILES string of the molecule is Cc1[c-][nH]cc1C#N.Cc1[c-][nH]cc1I.[Y].[Y]. The van der Waals surface area contributed by atoms with Gasteiger partial charge in [-0.25, -0.2) is 5.26 Å². The molecular weight excluding hydrogens is 479 g/mol. The van der Waals surface area contributed by atoms with Crippen LogP contribution in [0, 0.1) is 41.1 Å². The number of nitrogens with one attached hydrogen (secondary N) is 2. The molecule has 0 aromatic carbocycles. The average Bonchev–Trinajstić information content (AvgIpc) is 2.78. The van der Waals surface area contributed by atoms with Crippen LogP contribution in [-0.4, -0.2) is 9.97 Å². The van der Waals surface area contributed by atoms with Gasteiger partial charge in [-0.2, -0.15) is 0 Å². The Balaban J connectivity index is 0. The van der Waals surface area contributed by atoms with Gasteiger partial charge >= 0.3 is 0 Å². The van der Waals surface area contributed by atoms with Crippen LogP contribution >= 0.6 is 22.6 Å². The molecule has 6 heteroatoms. The second-order valence-electron chi connectivity index (χ2n) is 2.95. The summed E-state index contributed by atoms with van der Waals surface area (Å²) in [7, 11) is 0. The average molecular weight is 489 g/mol. The van der Waals surface area contributed by atoms with Gasteiger partial charge in [0.05, 0.1) is 0 Å². The number of aromatic amines is 2. The maximum atomic E-state index is 8.32. The first kappa shape index (κ1) is 20.3. The first-order valence-electron chi connectivity index (χ1n) is 4.32. The van der Waals surface area contributed by atoms with E-state index in [1.165, 1.54) is 9.13 Å². The van der Waals surface area contributed by atoms with Crippen molar-refractivity contribution >= 4 is 22.6 Å². The van der Waals surface area contributed by atoms with Crippen LogP contribution in [0.5, 0.6) is 0 Å². The number of aryl methyl sites for hydroxylation is 2. The van der Waals surface area contributed by atoms with E-state index < -0.39 is 0 Å². The number of halogens is 1. The molecule has 0 aliphatic carbocycles. The van der Waals surface area contributed by atoms with E-state index in [4.69, 9.17) is 5.26 Å². The van der Waals surface area contributed by atoms with Gasteiger partial charge in [0.15, 0.2) is 0 Å². The predicted octanol–water partition coefficient (Wildman–Crippen LogP) is 2.72. The minimum atomic E-state index is 0. The molecule has 0 bridgehead atoms. The maximum absolute atomic E-state index is 8.32. The number of rotatable bonds is 0. The van der Waals surface area contributed by atoms with Crippen LogP contribution in [-0.2, 0) is 65.4 Å². The Morgan fingerprint density at radius 2 is 1.65 bits per heavy atom. The second-order valence-corrected chi connectivity index (χ2v) is 4.11. The number of hydrogen-bond donors (Lipinski definition) is 2. The topological polar surface area (TPSA) is 55.4 Å². The maximum Gasteiger partial charge on any atom is 0.0204 e. The Hall–Kier alpha value is 0.988. The zero-order chi connectivity index (χ0) is 11.3. The fourth-order valence-corrected chi connectivity index (χ4v) is 1.17. The summed E-state index contributed by atoms with van der Waals surface area (Å²) in [6, 6.07) is 2.01. The summed E-state index contributed by atoms with van der Waals surface area (Å²) in [6.07, 6.45) is 9.27. The Labute approximate surface area is 165 Å². The van der Waals surface area contributed by atoms with Gasteiger partial charge in [-0.3, -0.25) is 0 Å². The molecular formula is C11H10IN3Y2-2. The van der Waals surface area contributed by atoms with E-state index in [-0.39, 0.29) is 65.4 Å². The van der Waals surface area contributed by atoms with Crippen LogP contribution < -0.4 is 0 Å². The molecule has 17 heavy (non-hydrogen) atoms. The molecule has 0 saturated heterocycles. The van der Waals surface area contributed by atoms with Gasteiger partial charge in [-0.05, 0) is 0 Å². The van der Waals surface area contributed by atoms with Crippen molar-refractivity contribution in [2.45, 2.75) is 13.8 Å². The molecule has 3 nitrogen and oxygen atoms in total. The molecule has 0 aliphatic rings. The normalized spacial score (nSPS) is 7.88. The van der Waals surface area contributed by atoms with Gasteiger partial charge in [0, 0.05) is 71.5 Å². The molecule has 2 radical (unpaired) electrons. The third kappa shape index (κ3) is 7.22. The van der Waals surface area contributed by atoms with Gasteiger partial charge in [0.25, 0.3) is 0 Å². The van der Waals surface area contributed by atoms with Crippen molar-refractivity contribution < 1.29 is 65.4 Å². The van der Waals surface area contributed by atoms with Crippen LogP contribution in [0.3, 0.4) is 0 Å². The first-order valence-corrected chi connectivity index (χ1v) is 5.40. The Morgan fingerprint density at radius 3 is 1.82 bits per heavy atom. The Morgan fingerprint density at radius 1 is 1.12 bits per heavy atom. The number of hydrogen-bond acceptors (Lipinski definition) is 1. The third-order valence-electron chi connectivity index (χ3n) is 1.82. The minimum Gasteiger partial charge on any atom is -0.483 e. The molecule has 0 amide bonds. The molecule has 0 atom stereocenters. The Bertz CT molecular complexity index is 455. The predicted molar refractivity (Wildman–Crippen MR) is 66.2 cm³/mol. The van der Waals surface area contributed by atoms with Crippen molar-refractivity contribution in [3.05, 3.63) is 45.0 Å². The van der Waals surface area contributed by atoms with Crippen LogP contribution in [0.25, 0.3) is 0 Å². The molecule has 0 saturated carbocycles. The largest absolute Gasteiger partial charge is 0.483 e. The monoisotopic (exact) mass is 489 g/mol. The smallest absolute Gasteiger partial charge is 0.0204 e. The van der Waals surface area contributed by atoms with Crippen molar-refractivity contribution in [1.82, 2.24) is 9.97 Å². The molecule has 0 aliphatic heterocycles. The number of H-pyrrole nitrogens is 2. The van der Waals surface area contributed by atoms with E-state index in [9.17, 15) is 0 Å². The summed E-state index contributed by atoms with van der Waals surface area (Å²) in [5.74, 6) is 0. The second kappa shape index (κ2) is 10.9. The van der Waals surface area contributed by atoms with E-state index in [0.717, 1.165) is 5.56 Å². The van der Waals surface area contributed by atoms with Gasteiger partial charge in [0.1, 0.15) is 0 Å².